The number of hydrogen-bond donors (Lipinski definition) is 0. The van der Waals surface area contributed by atoms with Gasteiger partial charge in [0, 0.05) is 7.11 Å². The highest BCUT2D eigenvalue weighted by Crippen LogP contribution is 2.16. The van der Waals surface area contributed by atoms with Crippen LogP contribution in [0.25, 0.3) is 0 Å². The summed E-state index contributed by atoms with van der Waals surface area (Å²) in [6.45, 7) is 9.96. The van der Waals surface area contributed by atoms with Crippen LogP contribution in [0, 0.1) is 0 Å². The van der Waals surface area contributed by atoms with Crippen molar-refractivity contribution in [2.45, 2.75) is 39.2 Å². The van der Waals surface area contributed by atoms with Gasteiger partial charge in [0.25, 0.3) is 0 Å². The third kappa shape index (κ3) is 5.14. The maximum Gasteiger partial charge on any atom is 0.0625 e. The molecular formula is C11H20O. The van der Waals surface area contributed by atoms with Crippen LogP contribution in [-0.4, -0.2) is 12.7 Å². The Kier molecular flexibility index (Phi) is 4.91. The maximum absolute atomic E-state index is 5.30. The first-order valence-electron chi connectivity index (χ1n) is 4.36. The second-order valence-corrected chi connectivity index (χ2v) is 3.65. The molecule has 0 spiro atoms. The Bertz CT molecular complexity index is 166. The summed E-state index contributed by atoms with van der Waals surface area (Å²) in [4.78, 5) is 0. The average molecular weight is 168 g/mol. The van der Waals surface area contributed by atoms with Crippen LogP contribution < -0.4 is 0 Å². The minimum Gasteiger partial charge on any atom is -0.379 e. The Morgan fingerprint density at radius 3 is 2.50 bits per heavy atom. The van der Waals surface area contributed by atoms with Gasteiger partial charge in [-0.05, 0) is 33.6 Å². The molecule has 0 saturated carbocycles. The Morgan fingerprint density at radius 2 is 2.08 bits per heavy atom. The van der Waals surface area contributed by atoms with E-state index in [1.807, 2.05) is 6.08 Å². The zero-order valence-electron chi connectivity index (χ0n) is 8.68. The van der Waals surface area contributed by atoms with Crippen LogP contribution in [0.2, 0.25) is 0 Å². The quantitative estimate of drug-likeness (QED) is 0.572. The molecule has 0 N–H and O–H groups in total. The summed E-state index contributed by atoms with van der Waals surface area (Å²) < 4.78 is 5.30. The van der Waals surface area contributed by atoms with Crippen LogP contribution >= 0.6 is 0 Å². The summed E-state index contributed by atoms with van der Waals surface area (Å²) in [5, 5.41) is 0. The van der Waals surface area contributed by atoms with Crippen molar-refractivity contribution in [1.29, 1.82) is 0 Å². The predicted molar refractivity (Wildman–Crippen MR) is 54.3 cm³/mol. The number of methoxy groups -OCH3 is 1. The third-order valence-electron chi connectivity index (χ3n) is 2.09. The Balaban J connectivity index is 3.76. The first-order valence-corrected chi connectivity index (χ1v) is 4.36. The molecule has 0 aromatic carbocycles. The Hall–Kier alpha value is -0.560. The zero-order valence-corrected chi connectivity index (χ0v) is 8.68. The lowest BCUT2D eigenvalue weighted by molar-refractivity contribution is 0.0163. The van der Waals surface area contributed by atoms with Crippen LogP contribution in [-0.2, 0) is 4.74 Å². The molecule has 0 saturated heterocycles. The average Bonchev–Trinajstić information content (AvgIpc) is 2.04. The molecule has 0 bridgehead atoms. The summed E-state index contributed by atoms with van der Waals surface area (Å²) in [6.07, 6.45) is 6.17. The van der Waals surface area contributed by atoms with Crippen LogP contribution in [0.4, 0.5) is 0 Å². The first kappa shape index (κ1) is 11.4. The van der Waals surface area contributed by atoms with E-state index in [4.69, 9.17) is 4.74 Å². The van der Waals surface area contributed by atoms with Gasteiger partial charge in [0.1, 0.15) is 0 Å². The molecule has 0 rings (SSSR count). The lowest BCUT2D eigenvalue weighted by Crippen LogP contribution is -2.21. The Labute approximate surface area is 76.1 Å². The van der Waals surface area contributed by atoms with Gasteiger partial charge >= 0.3 is 0 Å². The number of rotatable bonds is 5. The second kappa shape index (κ2) is 5.15. The van der Waals surface area contributed by atoms with E-state index < -0.39 is 0 Å². The molecule has 1 heteroatoms. The lowest BCUT2D eigenvalue weighted by Gasteiger charge is -2.21. The van der Waals surface area contributed by atoms with Crippen LogP contribution in [0.5, 0.6) is 0 Å². The fraction of sp³-hybridized carbons (Fsp3) is 0.636. The fourth-order valence-electron chi connectivity index (χ4n) is 0.833. The standard InChI is InChI=1S/C11H20O/c1-6-10(2)8-7-9-11(3,4)12-5/h6,8H,1,7,9H2,2-5H3/b10-8+. The molecule has 0 fully saturated rings. The molecule has 12 heavy (non-hydrogen) atoms. The second-order valence-electron chi connectivity index (χ2n) is 3.65. The molecule has 0 aliphatic carbocycles. The minimum atomic E-state index is -0.00203. The molecule has 1 nitrogen and oxygen atoms in total. The minimum absolute atomic E-state index is 0.00203. The molecule has 0 aliphatic rings. The molecule has 0 unspecified atom stereocenters. The number of allylic oxidation sites excluding steroid dienone is 3. The van der Waals surface area contributed by atoms with Gasteiger partial charge in [-0.3, -0.25) is 0 Å². The monoisotopic (exact) mass is 168 g/mol. The molecule has 0 heterocycles. The van der Waals surface area contributed by atoms with Gasteiger partial charge in [-0.1, -0.05) is 24.3 Å². The van der Waals surface area contributed by atoms with Gasteiger partial charge in [0.2, 0.25) is 0 Å². The van der Waals surface area contributed by atoms with Gasteiger partial charge in [0.15, 0.2) is 0 Å². The van der Waals surface area contributed by atoms with E-state index in [1.165, 1.54) is 5.57 Å². The van der Waals surface area contributed by atoms with Crippen molar-refractivity contribution >= 4 is 0 Å². The molecule has 0 radical (unpaired) electrons. The maximum atomic E-state index is 5.30. The van der Waals surface area contributed by atoms with Crippen molar-refractivity contribution in [2.24, 2.45) is 0 Å². The van der Waals surface area contributed by atoms with Crippen molar-refractivity contribution in [3.63, 3.8) is 0 Å². The third-order valence-corrected chi connectivity index (χ3v) is 2.09. The highest BCUT2D eigenvalue weighted by molar-refractivity contribution is 5.12. The molecule has 0 aromatic rings. The van der Waals surface area contributed by atoms with Gasteiger partial charge in [-0.25, -0.2) is 0 Å². The summed E-state index contributed by atoms with van der Waals surface area (Å²) >= 11 is 0. The van der Waals surface area contributed by atoms with Crippen molar-refractivity contribution in [3.05, 3.63) is 24.3 Å². The first-order chi connectivity index (χ1) is 5.52. The molecule has 0 aromatic heterocycles. The van der Waals surface area contributed by atoms with E-state index in [0.29, 0.717) is 0 Å². The number of hydrogen-bond acceptors (Lipinski definition) is 1. The van der Waals surface area contributed by atoms with Gasteiger partial charge in [0.05, 0.1) is 5.60 Å². The fourth-order valence-corrected chi connectivity index (χ4v) is 0.833. The van der Waals surface area contributed by atoms with E-state index in [-0.39, 0.29) is 5.60 Å². The topological polar surface area (TPSA) is 9.23 Å². The van der Waals surface area contributed by atoms with E-state index in [1.54, 1.807) is 7.11 Å². The largest absolute Gasteiger partial charge is 0.379 e. The van der Waals surface area contributed by atoms with Crippen molar-refractivity contribution in [2.75, 3.05) is 7.11 Å². The molecule has 0 amide bonds. The number of ether oxygens (including phenoxy) is 1. The van der Waals surface area contributed by atoms with Crippen molar-refractivity contribution < 1.29 is 4.74 Å². The highest BCUT2D eigenvalue weighted by atomic mass is 16.5. The Morgan fingerprint density at radius 1 is 1.50 bits per heavy atom. The van der Waals surface area contributed by atoms with Crippen LogP contribution in [0.3, 0.4) is 0 Å². The summed E-state index contributed by atoms with van der Waals surface area (Å²) in [5.74, 6) is 0. The van der Waals surface area contributed by atoms with Crippen molar-refractivity contribution in [3.8, 4) is 0 Å². The summed E-state index contributed by atoms with van der Waals surface area (Å²) in [5.41, 5.74) is 1.24. The van der Waals surface area contributed by atoms with E-state index in [9.17, 15) is 0 Å². The zero-order chi connectivity index (χ0) is 9.61. The molecule has 0 aliphatic heterocycles. The lowest BCUT2D eigenvalue weighted by atomic mass is 10.0. The van der Waals surface area contributed by atoms with E-state index in [0.717, 1.165) is 12.8 Å². The van der Waals surface area contributed by atoms with Crippen molar-refractivity contribution in [1.82, 2.24) is 0 Å². The summed E-state index contributed by atoms with van der Waals surface area (Å²) in [6, 6.07) is 0. The van der Waals surface area contributed by atoms with Crippen LogP contribution in [0.15, 0.2) is 24.3 Å². The van der Waals surface area contributed by atoms with E-state index in [2.05, 4.69) is 33.4 Å². The van der Waals surface area contributed by atoms with Gasteiger partial charge < -0.3 is 4.74 Å². The van der Waals surface area contributed by atoms with Crippen LogP contribution in [0.1, 0.15) is 33.6 Å². The predicted octanol–water partition coefficient (Wildman–Crippen LogP) is 3.32. The summed E-state index contributed by atoms with van der Waals surface area (Å²) in [7, 11) is 1.75. The molecule has 70 valence electrons. The normalized spacial score (nSPS) is 13.2. The molecular weight excluding hydrogens is 148 g/mol. The van der Waals surface area contributed by atoms with E-state index >= 15 is 0 Å². The molecule has 0 atom stereocenters. The highest BCUT2D eigenvalue weighted by Gasteiger charge is 2.14. The van der Waals surface area contributed by atoms with Gasteiger partial charge in [-0.2, -0.15) is 0 Å². The smallest absolute Gasteiger partial charge is 0.0625 e. The van der Waals surface area contributed by atoms with Gasteiger partial charge in [-0.15, -0.1) is 0 Å². The SMILES string of the molecule is C=C/C(C)=C/CCC(C)(C)OC.